The molecule has 1 aromatic heterocycles. The quantitative estimate of drug-likeness (QED) is 0.737. The predicted octanol–water partition coefficient (Wildman–Crippen LogP) is 4.09. The third-order valence-corrected chi connectivity index (χ3v) is 3.78. The molecule has 0 fully saturated rings. The second-order valence-electron chi connectivity index (χ2n) is 6.07. The Morgan fingerprint density at radius 1 is 1.19 bits per heavy atom. The molecule has 3 rings (SSSR count). The molecule has 26 heavy (non-hydrogen) atoms. The number of phenolic OH excluding ortho intramolecular Hbond substituents is 1. The van der Waals surface area contributed by atoms with E-state index in [2.05, 4.69) is 11.2 Å². The lowest BCUT2D eigenvalue weighted by atomic mass is 10.1. The van der Waals surface area contributed by atoms with Crippen molar-refractivity contribution in [3.63, 3.8) is 0 Å². The molecule has 7 heteroatoms. The van der Waals surface area contributed by atoms with Gasteiger partial charge in [0.15, 0.2) is 5.69 Å². The van der Waals surface area contributed by atoms with E-state index in [1.54, 1.807) is 24.3 Å². The number of benzene rings is 2. The predicted molar refractivity (Wildman–Crippen MR) is 94.9 cm³/mol. The highest BCUT2D eigenvalue weighted by molar-refractivity contribution is 5.58. The molecule has 0 radical (unpaired) electrons. The minimum absolute atomic E-state index is 0.0895. The zero-order valence-corrected chi connectivity index (χ0v) is 14.3. The van der Waals surface area contributed by atoms with E-state index in [0.717, 1.165) is 6.07 Å². The second-order valence-corrected chi connectivity index (χ2v) is 6.07. The van der Waals surface area contributed by atoms with Crippen molar-refractivity contribution in [1.29, 1.82) is 5.26 Å². The Bertz CT molecular complexity index is 968. The van der Waals surface area contributed by atoms with Crippen molar-refractivity contribution in [2.45, 2.75) is 19.8 Å². The van der Waals surface area contributed by atoms with Crippen LogP contribution in [0, 0.1) is 17.1 Å². The number of hydrogen-bond donors (Lipinski definition) is 2. The molecule has 0 unspecified atom stereocenters. The lowest BCUT2D eigenvalue weighted by molar-refractivity contribution is 0.446. The van der Waals surface area contributed by atoms with Gasteiger partial charge in [0, 0.05) is 18.2 Å². The fraction of sp³-hybridized carbons (Fsp3) is 0.158. The molecule has 3 N–H and O–H groups in total. The van der Waals surface area contributed by atoms with Gasteiger partial charge >= 0.3 is 0 Å². The van der Waals surface area contributed by atoms with Crippen LogP contribution in [0.3, 0.4) is 0 Å². The number of anilines is 1. The summed E-state index contributed by atoms with van der Waals surface area (Å²) in [7, 11) is 0. The monoisotopic (exact) mass is 352 g/mol. The van der Waals surface area contributed by atoms with E-state index in [-0.39, 0.29) is 23.1 Å². The lowest BCUT2D eigenvalue weighted by Gasteiger charge is -2.08. The van der Waals surface area contributed by atoms with Crippen LogP contribution in [-0.4, -0.2) is 14.9 Å². The highest BCUT2D eigenvalue weighted by Gasteiger charge is 2.18. The molecule has 0 bridgehead atoms. The van der Waals surface area contributed by atoms with E-state index in [1.165, 1.54) is 16.8 Å². The van der Waals surface area contributed by atoms with E-state index >= 15 is 0 Å². The van der Waals surface area contributed by atoms with Crippen molar-refractivity contribution >= 4 is 5.69 Å². The van der Waals surface area contributed by atoms with Gasteiger partial charge < -0.3 is 15.6 Å². The first-order valence-electron chi connectivity index (χ1n) is 7.95. The Hall–Kier alpha value is -3.53. The summed E-state index contributed by atoms with van der Waals surface area (Å²) in [6.07, 6.45) is 0. The molecule has 3 aromatic rings. The molecule has 6 nitrogen and oxygen atoms in total. The molecule has 132 valence electrons. The van der Waals surface area contributed by atoms with Gasteiger partial charge in [-0.2, -0.15) is 10.4 Å². The number of nitrogens with zero attached hydrogens (tertiary/aromatic N) is 3. The van der Waals surface area contributed by atoms with Crippen LogP contribution < -0.4 is 10.5 Å². The highest BCUT2D eigenvalue weighted by atomic mass is 19.1. The topological polar surface area (TPSA) is 97.1 Å². The molecule has 1 heterocycles. The summed E-state index contributed by atoms with van der Waals surface area (Å²) in [6, 6.07) is 12.3. The zero-order chi connectivity index (χ0) is 18.8. The first kappa shape index (κ1) is 17.3. The van der Waals surface area contributed by atoms with Crippen LogP contribution in [-0.2, 0) is 0 Å². The highest BCUT2D eigenvalue weighted by Crippen LogP contribution is 2.29. The molecule has 0 aliphatic carbocycles. The van der Waals surface area contributed by atoms with E-state index in [1.807, 2.05) is 13.8 Å². The van der Waals surface area contributed by atoms with Gasteiger partial charge in [0.05, 0.1) is 17.1 Å². The standard InChI is InChI=1S/C19H17FN4O2/c1-11(2)19-18(22)17(10-21)24(23-19)13-3-5-15(6-4-13)26-16-8-12(20)7-14(25)9-16/h3-9,11,25H,22H2,1-2H3. The lowest BCUT2D eigenvalue weighted by Crippen LogP contribution is -2.00. The molecule has 0 amide bonds. The molecule has 0 atom stereocenters. The van der Waals surface area contributed by atoms with Crippen LogP contribution in [0.15, 0.2) is 42.5 Å². The average molecular weight is 352 g/mol. The maximum atomic E-state index is 13.3. The van der Waals surface area contributed by atoms with Crippen LogP contribution in [0.5, 0.6) is 17.2 Å². The van der Waals surface area contributed by atoms with Gasteiger partial charge in [-0.3, -0.25) is 0 Å². The van der Waals surface area contributed by atoms with Crippen LogP contribution in [0.2, 0.25) is 0 Å². The Kier molecular flexibility index (Phi) is 4.50. The number of hydrogen-bond acceptors (Lipinski definition) is 5. The second kappa shape index (κ2) is 6.76. The molecular formula is C19H17FN4O2. The maximum absolute atomic E-state index is 13.3. The van der Waals surface area contributed by atoms with Gasteiger partial charge in [-0.15, -0.1) is 0 Å². The van der Waals surface area contributed by atoms with Gasteiger partial charge in [0.1, 0.15) is 29.1 Å². The number of halogens is 1. The van der Waals surface area contributed by atoms with Gasteiger partial charge in [0.2, 0.25) is 0 Å². The maximum Gasteiger partial charge on any atom is 0.167 e. The number of nitrogens with two attached hydrogens (primary N) is 1. The summed E-state index contributed by atoms with van der Waals surface area (Å²) in [6.45, 7) is 3.91. The fourth-order valence-electron chi connectivity index (χ4n) is 2.57. The fourth-order valence-corrected chi connectivity index (χ4v) is 2.57. The van der Waals surface area contributed by atoms with E-state index in [9.17, 15) is 14.8 Å². The molecule has 0 saturated heterocycles. The minimum Gasteiger partial charge on any atom is -0.508 e. The molecule has 0 aliphatic heterocycles. The number of aromatic nitrogens is 2. The largest absolute Gasteiger partial charge is 0.508 e. The van der Waals surface area contributed by atoms with Gasteiger partial charge in [0.25, 0.3) is 0 Å². The van der Waals surface area contributed by atoms with Crippen LogP contribution in [0.25, 0.3) is 5.69 Å². The Morgan fingerprint density at radius 3 is 2.46 bits per heavy atom. The van der Waals surface area contributed by atoms with E-state index in [4.69, 9.17) is 10.5 Å². The summed E-state index contributed by atoms with van der Waals surface area (Å²) in [5.74, 6) is -0.0986. The molecule has 0 aliphatic rings. The SMILES string of the molecule is CC(C)c1nn(-c2ccc(Oc3cc(O)cc(F)c3)cc2)c(C#N)c1N. The molecular weight excluding hydrogens is 335 g/mol. The van der Waals surface area contributed by atoms with Crippen molar-refractivity contribution in [3.05, 3.63) is 59.7 Å². The summed E-state index contributed by atoms with van der Waals surface area (Å²) < 4.78 is 20.3. The number of rotatable bonds is 4. The smallest absolute Gasteiger partial charge is 0.167 e. The van der Waals surface area contributed by atoms with Crippen LogP contribution in [0.1, 0.15) is 31.2 Å². The average Bonchev–Trinajstić information content (AvgIpc) is 2.91. The normalized spacial score (nSPS) is 10.7. The molecule has 0 spiro atoms. The molecule has 2 aromatic carbocycles. The first-order valence-corrected chi connectivity index (χ1v) is 7.95. The number of nitrogen functional groups attached to an aromatic ring is 1. The number of nitriles is 1. The number of aromatic hydroxyl groups is 1. The third-order valence-electron chi connectivity index (χ3n) is 3.78. The zero-order valence-electron chi connectivity index (χ0n) is 14.3. The first-order chi connectivity index (χ1) is 12.4. The van der Waals surface area contributed by atoms with Crippen molar-refractivity contribution in [1.82, 2.24) is 9.78 Å². The van der Waals surface area contributed by atoms with E-state index in [0.29, 0.717) is 22.8 Å². The summed E-state index contributed by atoms with van der Waals surface area (Å²) in [4.78, 5) is 0. The van der Waals surface area contributed by atoms with Crippen molar-refractivity contribution in [2.24, 2.45) is 0 Å². The van der Waals surface area contributed by atoms with Crippen molar-refractivity contribution < 1.29 is 14.2 Å². The Labute approximate surface area is 149 Å². The van der Waals surface area contributed by atoms with E-state index < -0.39 is 5.82 Å². The summed E-state index contributed by atoms with van der Waals surface area (Å²) in [5, 5.41) is 23.2. The van der Waals surface area contributed by atoms with Gasteiger partial charge in [-0.25, -0.2) is 9.07 Å². The van der Waals surface area contributed by atoms with Crippen LogP contribution >= 0.6 is 0 Å². The van der Waals surface area contributed by atoms with Crippen molar-refractivity contribution in [2.75, 3.05) is 5.73 Å². The number of phenols is 1. The van der Waals surface area contributed by atoms with Gasteiger partial charge in [-0.1, -0.05) is 13.8 Å². The third kappa shape index (κ3) is 3.30. The Morgan fingerprint density at radius 2 is 1.88 bits per heavy atom. The summed E-state index contributed by atoms with van der Waals surface area (Å²) in [5.41, 5.74) is 7.98. The Balaban J connectivity index is 1.91. The van der Waals surface area contributed by atoms with Crippen LogP contribution in [0.4, 0.5) is 10.1 Å². The number of ether oxygens (including phenoxy) is 1. The molecule has 0 saturated carbocycles. The van der Waals surface area contributed by atoms with Crippen molar-refractivity contribution in [3.8, 4) is 29.0 Å². The van der Waals surface area contributed by atoms with Gasteiger partial charge in [-0.05, 0) is 30.2 Å². The summed E-state index contributed by atoms with van der Waals surface area (Å²) >= 11 is 0. The minimum atomic E-state index is -0.594.